The number of fused-ring (bicyclic) bond motifs is 1. The van der Waals surface area contributed by atoms with Gasteiger partial charge in [0.2, 0.25) is 5.91 Å². The fraction of sp³-hybridized carbons (Fsp3) is 0.375. The minimum absolute atomic E-state index is 0.0157. The molecule has 0 bridgehead atoms. The number of para-hydroxylation sites is 1. The number of thioether (sulfide) groups is 1. The summed E-state index contributed by atoms with van der Waals surface area (Å²) in [6.45, 7) is 1.88. The molecule has 7 heteroatoms. The molecule has 0 radical (unpaired) electrons. The number of aliphatic hydroxyl groups excluding tert-OH is 1. The first-order valence-corrected chi connectivity index (χ1v) is 11.7. The molecule has 1 aliphatic heterocycles. The molecule has 3 aromatic rings. The molecule has 162 valence electrons. The number of amides is 1. The molecule has 0 unspecified atom stereocenters. The number of hydrogen-bond donors (Lipinski definition) is 1. The van der Waals surface area contributed by atoms with E-state index in [-0.39, 0.29) is 18.1 Å². The van der Waals surface area contributed by atoms with Crippen LogP contribution in [0.25, 0.3) is 10.9 Å². The van der Waals surface area contributed by atoms with E-state index < -0.39 is 5.25 Å². The lowest BCUT2D eigenvalue weighted by atomic mass is 10.1. The van der Waals surface area contributed by atoms with Gasteiger partial charge in [-0.25, -0.2) is 4.98 Å². The van der Waals surface area contributed by atoms with Crippen LogP contribution in [0.5, 0.6) is 0 Å². The quantitative estimate of drug-likeness (QED) is 0.451. The molecule has 1 atom stereocenters. The van der Waals surface area contributed by atoms with Gasteiger partial charge >= 0.3 is 0 Å². The van der Waals surface area contributed by atoms with Crippen molar-refractivity contribution in [1.29, 1.82) is 0 Å². The average Bonchev–Trinajstić information content (AvgIpc) is 2.83. The van der Waals surface area contributed by atoms with Gasteiger partial charge in [0.05, 0.1) is 10.9 Å². The van der Waals surface area contributed by atoms with Crippen LogP contribution in [0.1, 0.15) is 36.5 Å². The highest BCUT2D eigenvalue weighted by Gasteiger charge is 2.29. The van der Waals surface area contributed by atoms with Crippen LogP contribution in [0.2, 0.25) is 0 Å². The largest absolute Gasteiger partial charge is 0.396 e. The SMILES string of the molecule is O=C([C@H](Sc1nc2ccccc2c(=O)n1CCCO)c1ccccc1)N1CCCCC1. The summed E-state index contributed by atoms with van der Waals surface area (Å²) in [6, 6.07) is 17.0. The molecular formula is C24H27N3O3S. The van der Waals surface area contributed by atoms with E-state index in [0.29, 0.717) is 29.0 Å². The lowest BCUT2D eigenvalue weighted by molar-refractivity contribution is -0.131. The van der Waals surface area contributed by atoms with E-state index in [2.05, 4.69) is 0 Å². The molecule has 0 spiro atoms. The van der Waals surface area contributed by atoms with Crippen LogP contribution in [0.3, 0.4) is 0 Å². The van der Waals surface area contributed by atoms with Gasteiger partial charge in [0.1, 0.15) is 5.25 Å². The van der Waals surface area contributed by atoms with Crippen LogP contribution >= 0.6 is 11.8 Å². The van der Waals surface area contributed by atoms with Crippen molar-refractivity contribution in [2.24, 2.45) is 0 Å². The summed E-state index contributed by atoms with van der Waals surface area (Å²) in [5, 5.41) is 9.91. The number of rotatable bonds is 7. The Morgan fingerprint density at radius 3 is 2.48 bits per heavy atom. The normalized spacial score (nSPS) is 15.2. The second kappa shape index (κ2) is 10.1. The fourth-order valence-corrected chi connectivity index (χ4v) is 5.14. The maximum Gasteiger partial charge on any atom is 0.262 e. The lowest BCUT2D eigenvalue weighted by Gasteiger charge is -2.30. The molecule has 1 saturated heterocycles. The van der Waals surface area contributed by atoms with Gasteiger partial charge in [-0.05, 0) is 43.4 Å². The molecule has 6 nitrogen and oxygen atoms in total. The van der Waals surface area contributed by atoms with Crippen molar-refractivity contribution in [3.63, 3.8) is 0 Å². The first-order chi connectivity index (χ1) is 15.2. The van der Waals surface area contributed by atoms with Gasteiger partial charge in [0.25, 0.3) is 5.56 Å². The fourth-order valence-electron chi connectivity index (χ4n) is 3.94. The van der Waals surface area contributed by atoms with E-state index in [1.165, 1.54) is 11.8 Å². The Morgan fingerprint density at radius 2 is 1.74 bits per heavy atom. The number of piperidine rings is 1. The third-order valence-electron chi connectivity index (χ3n) is 5.58. The maximum absolute atomic E-state index is 13.5. The molecule has 31 heavy (non-hydrogen) atoms. The summed E-state index contributed by atoms with van der Waals surface area (Å²) >= 11 is 1.33. The predicted octanol–water partition coefficient (Wildman–Crippen LogP) is 3.62. The summed E-state index contributed by atoms with van der Waals surface area (Å²) < 4.78 is 1.60. The molecule has 1 N–H and O–H groups in total. The van der Waals surface area contributed by atoms with Crippen molar-refractivity contribution in [2.45, 2.75) is 42.6 Å². The summed E-state index contributed by atoms with van der Waals surface area (Å²) in [6.07, 6.45) is 3.64. The molecule has 1 aromatic heterocycles. The number of hydrogen-bond acceptors (Lipinski definition) is 5. The number of carbonyl (C=O) groups is 1. The first kappa shape index (κ1) is 21.6. The first-order valence-electron chi connectivity index (χ1n) is 10.8. The van der Waals surface area contributed by atoms with Crippen molar-refractivity contribution in [2.75, 3.05) is 19.7 Å². The summed E-state index contributed by atoms with van der Waals surface area (Å²) in [7, 11) is 0. The summed E-state index contributed by atoms with van der Waals surface area (Å²) in [5.41, 5.74) is 1.38. The average molecular weight is 438 g/mol. The van der Waals surface area contributed by atoms with Gasteiger partial charge < -0.3 is 10.0 Å². The third-order valence-corrected chi connectivity index (χ3v) is 6.82. The van der Waals surface area contributed by atoms with Crippen LogP contribution < -0.4 is 5.56 Å². The van der Waals surface area contributed by atoms with Gasteiger partial charge in [0.15, 0.2) is 5.16 Å². The molecule has 1 aliphatic rings. The van der Waals surface area contributed by atoms with Crippen molar-refractivity contribution in [3.05, 3.63) is 70.5 Å². The highest BCUT2D eigenvalue weighted by Crippen LogP contribution is 2.36. The number of carbonyl (C=O) groups excluding carboxylic acids is 1. The zero-order valence-corrected chi connectivity index (χ0v) is 18.3. The van der Waals surface area contributed by atoms with E-state index in [9.17, 15) is 14.7 Å². The van der Waals surface area contributed by atoms with Crippen molar-refractivity contribution in [3.8, 4) is 0 Å². The second-order valence-corrected chi connectivity index (χ2v) is 8.81. The molecule has 0 saturated carbocycles. The van der Waals surface area contributed by atoms with E-state index in [1.54, 1.807) is 10.6 Å². The van der Waals surface area contributed by atoms with Crippen molar-refractivity contribution < 1.29 is 9.90 Å². The van der Waals surface area contributed by atoms with Crippen molar-refractivity contribution in [1.82, 2.24) is 14.5 Å². The standard InChI is InChI=1S/C24H27N3O3S/c28-17-9-16-27-22(29)19-12-5-6-13-20(19)25-24(27)31-21(18-10-3-1-4-11-18)23(30)26-14-7-2-8-15-26/h1,3-6,10-13,21,28H,2,7-9,14-17H2/t21-/m1/s1. The number of nitrogens with zero attached hydrogens (tertiary/aromatic N) is 3. The summed E-state index contributed by atoms with van der Waals surface area (Å²) in [5.74, 6) is 0.0621. The molecule has 2 heterocycles. The van der Waals surface area contributed by atoms with Crippen molar-refractivity contribution >= 4 is 28.6 Å². The predicted molar refractivity (Wildman–Crippen MR) is 123 cm³/mol. The van der Waals surface area contributed by atoms with Gasteiger partial charge in [-0.15, -0.1) is 0 Å². The highest BCUT2D eigenvalue weighted by molar-refractivity contribution is 8.00. The Labute approximate surface area is 185 Å². The Hall–Kier alpha value is -2.64. The molecule has 2 aromatic carbocycles. The van der Waals surface area contributed by atoms with Crippen LogP contribution in [0, 0.1) is 0 Å². The highest BCUT2D eigenvalue weighted by atomic mass is 32.2. The number of aromatic nitrogens is 2. The van der Waals surface area contributed by atoms with Crippen LogP contribution in [-0.2, 0) is 11.3 Å². The van der Waals surface area contributed by atoms with E-state index in [1.807, 2.05) is 53.4 Å². The van der Waals surface area contributed by atoms with Gasteiger partial charge in [-0.3, -0.25) is 14.2 Å². The van der Waals surface area contributed by atoms with Crippen LogP contribution in [-0.4, -0.2) is 45.2 Å². The third kappa shape index (κ3) is 4.83. The number of aliphatic hydroxyl groups is 1. The van der Waals surface area contributed by atoms with Gasteiger partial charge in [0, 0.05) is 26.2 Å². The zero-order chi connectivity index (χ0) is 21.6. The Morgan fingerprint density at radius 1 is 1.03 bits per heavy atom. The van der Waals surface area contributed by atoms with Crippen LogP contribution in [0.15, 0.2) is 64.5 Å². The zero-order valence-electron chi connectivity index (χ0n) is 17.4. The second-order valence-electron chi connectivity index (χ2n) is 7.74. The smallest absolute Gasteiger partial charge is 0.262 e. The molecule has 1 fully saturated rings. The van der Waals surface area contributed by atoms with Crippen LogP contribution in [0.4, 0.5) is 0 Å². The molecule has 1 amide bonds. The minimum Gasteiger partial charge on any atom is -0.396 e. The van der Waals surface area contributed by atoms with E-state index >= 15 is 0 Å². The molecule has 4 rings (SSSR count). The number of likely N-dealkylation sites (tertiary alicyclic amines) is 1. The Balaban J connectivity index is 1.76. The Bertz CT molecular complexity index is 1090. The number of benzene rings is 2. The van der Waals surface area contributed by atoms with E-state index in [4.69, 9.17) is 4.98 Å². The minimum atomic E-state index is -0.479. The molecular weight excluding hydrogens is 410 g/mol. The Kier molecular flexibility index (Phi) is 7.04. The monoisotopic (exact) mass is 437 g/mol. The van der Waals surface area contributed by atoms with Gasteiger partial charge in [-0.1, -0.05) is 54.2 Å². The summed E-state index contributed by atoms with van der Waals surface area (Å²) in [4.78, 5) is 33.4. The van der Waals surface area contributed by atoms with E-state index in [0.717, 1.165) is 37.9 Å². The topological polar surface area (TPSA) is 75.4 Å². The lowest BCUT2D eigenvalue weighted by Crippen LogP contribution is -2.38. The van der Waals surface area contributed by atoms with Gasteiger partial charge in [-0.2, -0.15) is 0 Å². The molecule has 0 aliphatic carbocycles. The maximum atomic E-state index is 13.5.